The SMILES string of the molecule is O=P(O)(O)C(O)C[C@H]1O[C@@H](n2ccc3c(NC4CCCC4)nc(Oc4cccnc4)nc32)[C@H](O)[C@@H]1O. The molecule has 1 saturated carbocycles. The van der Waals surface area contributed by atoms with Crippen LogP contribution in [0.1, 0.15) is 38.3 Å². The summed E-state index contributed by atoms with van der Waals surface area (Å²) in [7, 11) is -4.81. The molecule has 1 aliphatic heterocycles. The Kier molecular flexibility index (Phi) is 6.97. The summed E-state index contributed by atoms with van der Waals surface area (Å²) in [5.41, 5.74) is 0.358. The molecule has 1 aliphatic carbocycles. The number of hydrogen-bond donors (Lipinski definition) is 6. The molecule has 0 spiro atoms. The van der Waals surface area contributed by atoms with Gasteiger partial charge in [0.2, 0.25) is 0 Å². The number of fused-ring (bicyclic) bond motifs is 1. The molecule has 0 radical (unpaired) electrons. The van der Waals surface area contributed by atoms with Crippen LogP contribution in [0.2, 0.25) is 0 Å². The first-order chi connectivity index (χ1) is 17.2. The predicted octanol–water partition coefficient (Wildman–Crippen LogP) is 1.48. The Bertz CT molecular complexity index is 1250. The first kappa shape index (κ1) is 25.0. The van der Waals surface area contributed by atoms with E-state index < -0.39 is 44.4 Å². The molecule has 13 nitrogen and oxygen atoms in total. The lowest BCUT2D eigenvalue weighted by atomic mass is 10.1. The lowest BCUT2D eigenvalue weighted by Gasteiger charge is -2.19. The summed E-state index contributed by atoms with van der Waals surface area (Å²) in [6.07, 6.45) is 3.16. The van der Waals surface area contributed by atoms with E-state index in [0.717, 1.165) is 25.7 Å². The van der Waals surface area contributed by atoms with Gasteiger partial charge in [-0.15, -0.1) is 0 Å². The lowest BCUT2D eigenvalue weighted by Crippen LogP contribution is -2.33. The van der Waals surface area contributed by atoms with Crippen molar-refractivity contribution >= 4 is 24.4 Å². The number of anilines is 1. The van der Waals surface area contributed by atoms with Gasteiger partial charge in [0.05, 0.1) is 17.7 Å². The van der Waals surface area contributed by atoms with Crippen molar-refractivity contribution in [3.05, 3.63) is 36.8 Å². The van der Waals surface area contributed by atoms with Crippen LogP contribution in [0.15, 0.2) is 36.8 Å². The van der Waals surface area contributed by atoms with Crippen LogP contribution in [-0.2, 0) is 9.30 Å². The van der Waals surface area contributed by atoms with E-state index in [1.807, 2.05) is 0 Å². The molecule has 1 unspecified atom stereocenters. The Labute approximate surface area is 205 Å². The Hall–Kier alpha value is -2.64. The van der Waals surface area contributed by atoms with Gasteiger partial charge in [-0.1, -0.05) is 12.8 Å². The minimum Gasteiger partial charge on any atom is -0.423 e. The van der Waals surface area contributed by atoms with Crippen molar-refractivity contribution in [2.75, 3.05) is 5.32 Å². The van der Waals surface area contributed by atoms with E-state index in [4.69, 9.17) is 9.47 Å². The van der Waals surface area contributed by atoms with Gasteiger partial charge >= 0.3 is 13.6 Å². The first-order valence-electron chi connectivity index (χ1n) is 11.7. The highest BCUT2D eigenvalue weighted by molar-refractivity contribution is 7.52. The van der Waals surface area contributed by atoms with Gasteiger partial charge in [-0.2, -0.15) is 9.97 Å². The van der Waals surface area contributed by atoms with Gasteiger partial charge in [-0.3, -0.25) is 9.55 Å². The standard InChI is InChI=1S/C22H28N5O8P/c28-16(36(31,32)33)10-15-17(29)18(30)21(35-15)27-9-7-14-19(24-12-4-1-2-5-12)25-22(26-20(14)27)34-13-6-3-8-23-11-13/h3,6-9,11-12,15-18,21,28-30H,1-2,4-5,10H2,(H,24,25,26)(H2,31,32,33)/t15-,16?,17-,18-,21-/m1/s1. The number of aliphatic hydroxyl groups excluding tert-OH is 3. The zero-order valence-corrected chi connectivity index (χ0v) is 20.1. The third-order valence-corrected chi connectivity index (χ3v) is 7.52. The van der Waals surface area contributed by atoms with E-state index in [2.05, 4.69) is 20.3 Å². The maximum atomic E-state index is 11.4. The second kappa shape index (κ2) is 10.0. The summed E-state index contributed by atoms with van der Waals surface area (Å²) in [5.74, 6) is -1.06. The summed E-state index contributed by atoms with van der Waals surface area (Å²) in [6, 6.07) is 5.45. The maximum Gasteiger partial charge on any atom is 0.353 e. The van der Waals surface area contributed by atoms with Crippen LogP contribution in [0.5, 0.6) is 11.8 Å². The van der Waals surface area contributed by atoms with Crippen LogP contribution in [0, 0.1) is 0 Å². The number of aromatic nitrogens is 4. The number of ether oxygens (including phenoxy) is 2. The predicted molar refractivity (Wildman–Crippen MR) is 126 cm³/mol. The summed E-state index contributed by atoms with van der Waals surface area (Å²) in [5, 5.41) is 35.1. The molecule has 3 aromatic heterocycles. The van der Waals surface area contributed by atoms with Gasteiger partial charge in [0.1, 0.15) is 23.8 Å². The van der Waals surface area contributed by atoms with Crippen LogP contribution in [0.4, 0.5) is 5.82 Å². The first-order valence-corrected chi connectivity index (χ1v) is 13.4. The van der Waals surface area contributed by atoms with Crippen LogP contribution in [0.3, 0.4) is 0 Å². The van der Waals surface area contributed by atoms with Gasteiger partial charge in [0.25, 0.3) is 0 Å². The minimum atomic E-state index is -4.81. The topological polar surface area (TPSA) is 192 Å². The quantitative estimate of drug-likeness (QED) is 0.234. The van der Waals surface area contributed by atoms with Crippen LogP contribution >= 0.6 is 7.60 Å². The Balaban J connectivity index is 1.49. The molecular weight excluding hydrogens is 493 g/mol. The number of hydrogen-bond acceptors (Lipinski definition) is 10. The fourth-order valence-electron chi connectivity index (χ4n) is 4.65. The van der Waals surface area contributed by atoms with Crippen LogP contribution < -0.4 is 10.1 Å². The monoisotopic (exact) mass is 521 g/mol. The van der Waals surface area contributed by atoms with E-state index in [1.54, 1.807) is 30.6 Å². The minimum absolute atomic E-state index is 0.0393. The molecular formula is C22H28N5O8P. The molecule has 0 aromatic carbocycles. The molecule has 5 atom stereocenters. The van der Waals surface area contributed by atoms with Crippen molar-refractivity contribution in [2.24, 2.45) is 0 Å². The largest absolute Gasteiger partial charge is 0.423 e. The van der Waals surface area contributed by atoms with Crippen molar-refractivity contribution in [2.45, 2.75) is 68.5 Å². The summed E-state index contributed by atoms with van der Waals surface area (Å²) in [4.78, 5) is 31.5. The van der Waals surface area contributed by atoms with Crippen molar-refractivity contribution in [1.29, 1.82) is 0 Å². The van der Waals surface area contributed by atoms with Crippen molar-refractivity contribution in [3.8, 4) is 11.8 Å². The van der Waals surface area contributed by atoms with Crippen LogP contribution in [-0.4, -0.2) is 74.8 Å². The molecule has 194 valence electrons. The Morgan fingerprint density at radius 2 is 1.97 bits per heavy atom. The number of rotatable bonds is 8. The van der Waals surface area contributed by atoms with E-state index in [1.165, 1.54) is 10.8 Å². The number of pyridine rings is 1. The molecule has 4 heterocycles. The Morgan fingerprint density at radius 3 is 2.67 bits per heavy atom. The average Bonchev–Trinajstić information content (AvgIpc) is 3.56. The van der Waals surface area contributed by atoms with Gasteiger partial charge in [-0.05, 0) is 31.0 Å². The molecule has 5 rings (SSSR count). The average molecular weight is 521 g/mol. The maximum absolute atomic E-state index is 11.4. The van der Waals surface area contributed by atoms with Gasteiger partial charge in [-0.25, -0.2) is 0 Å². The van der Waals surface area contributed by atoms with Crippen molar-refractivity contribution in [1.82, 2.24) is 19.5 Å². The molecule has 36 heavy (non-hydrogen) atoms. The van der Waals surface area contributed by atoms with Crippen molar-refractivity contribution < 1.29 is 39.1 Å². The van der Waals surface area contributed by atoms with Gasteiger partial charge in [0.15, 0.2) is 17.7 Å². The molecule has 0 amide bonds. The highest BCUT2D eigenvalue weighted by Gasteiger charge is 2.46. The summed E-state index contributed by atoms with van der Waals surface area (Å²) >= 11 is 0. The number of nitrogens with one attached hydrogen (secondary N) is 1. The van der Waals surface area contributed by atoms with Crippen molar-refractivity contribution in [3.63, 3.8) is 0 Å². The molecule has 1 saturated heterocycles. The zero-order chi connectivity index (χ0) is 25.4. The van der Waals surface area contributed by atoms with E-state index in [0.29, 0.717) is 22.6 Å². The molecule has 2 fully saturated rings. The smallest absolute Gasteiger partial charge is 0.353 e. The fourth-order valence-corrected chi connectivity index (χ4v) is 5.13. The molecule has 0 bridgehead atoms. The number of aliphatic hydroxyl groups is 3. The third-order valence-electron chi connectivity index (χ3n) is 6.53. The summed E-state index contributed by atoms with van der Waals surface area (Å²) in [6.45, 7) is 0. The third kappa shape index (κ3) is 5.09. The lowest BCUT2D eigenvalue weighted by molar-refractivity contribution is -0.0440. The normalized spacial score (nSPS) is 25.9. The van der Waals surface area contributed by atoms with Gasteiger partial charge in [0, 0.05) is 24.9 Å². The van der Waals surface area contributed by atoms with Gasteiger partial charge < -0.3 is 44.5 Å². The molecule has 6 N–H and O–H groups in total. The fraction of sp³-hybridized carbons (Fsp3) is 0.500. The van der Waals surface area contributed by atoms with Crippen LogP contribution in [0.25, 0.3) is 11.0 Å². The van der Waals surface area contributed by atoms with E-state index in [9.17, 15) is 29.7 Å². The highest BCUT2D eigenvalue weighted by Crippen LogP contribution is 2.44. The summed E-state index contributed by atoms with van der Waals surface area (Å²) < 4.78 is 24.5. The Morgan fingerprint density at radius 1 is 1.19 bits per heavy atom. The molecule has 2 aliphatic rings. The molecule has 3 aromatic rings. The molecule has 14 heteroatoms. The highest BCUT2D eigenvalue weighted by atomic mass is 31.2. The second-order valence-corrected chi connectivity index (χ2v) is 10.9. The second-order valence-electron chi connectivity index (χ2n) is 9.08. The van der Waals surface area contributed by atoms with E-state index in [-0.39, 0.29) is 12.1 Å². The number of nitrogens with zero attached hydrogens (tertiary/aromatic N) is 4. The van der Waals surface area contributed by atoms with E-state index >= 15 is 0 Å². The zero-order valence-electron chi connectivity index (χ0n) is 19.2.